The van der Waals surface area contributed by atoms with Gasteiger partial charge in [-0.05, 0) is 82.7 Å². The van der Waals surface area contributed by atoms with Crippen molar-refractivity contribution in [1.29, 1.82) is 0 Å². The summed E-state index contributed by atoms with van der Waals surface area (Å²) in [7, 11) is 0. The molecule has 250 valence electrons. The summed E-state index contributed by atoms with van der Waals surface area (Å²) in [5, 5.41) is 11.8. The number of rotatable bonds is 7. The van der Waals surface area contributed by atoms with Crippen molar-refractivity contribution in [2.75, 3.05) is 32.8 Å². The quantitative estimate of drug-likeness (QED) is 0.190. The van der Waals surface area contributed by atoms with Crippen LogP contribution in [0.5, 0.6) is 5.75 Å². The summed E-state index contributed by atoms with van der Waals surface area (Å²) in [4.78, 5) is 48.5. The number of hydrogen-bond acceptors (Lipinski definition) is 8. The maximum atomic E-state index is 14.1. The average Bonchev–Trinajstić information content (AvgIpc) is 3.39. The maximum absolute atomic E-state index is 14.1. The standard InChI is InChI=1S/C35H28Br2ClN5O5S/c36-22-17-26-30(27(37)18-22)39-31(20-5-9-23(38)10-6-20)42(33(26)46)24-11-7-21(8-12-24)32(45)40-43-34(47)29(19-41-13-15-48-16-14-41)49-35(43)25-3-1-2-4-28(25)44/h1-12,17-18,29,35,44H,13-16,19H2,(H,40,45). The molecule has 0 saturated carbocycles. The van der Waals surface area contributed by atoms with Crippen LogP contribution in [-0.4, -0.2) is 74.5 Å². The van der Waals surface area contributed by atoms with E-state index >= 15 is 0 Å². The van der Waals surface area contributed by atoms with Gasteiger partial charge in [-0.1, -0.05) is 45.7 Å². The molecule has 0 radical (unpaired) electrons. The number of phenolic OH excluding ortho intramolecular Hbond substituents is 1. The first-order chi connectivity index (χ1) is 23.7. The molecular formula is C35H28Br2ClN5O5S. The number of morpholine rings is 1. The van der Waals surface area contributed by atoms with E-state index in [9.17, 15) is 19.5 Å². The number of aromatic hydroxyl groups is 1. The Morgan fingerprint density at radius 2 is 1.71 bits per heavy atom. The Kier molecular flexibility index (Phi) is 9.82. The Morgan fingerprint density at radius 1 is 1.00 bits per heavy atom. The second-order valence-corrected chi connectivity index (χ2v) is 15.0. The summed E-state index contributed by atoms with van der Waals surface area (Å²) in [6.07, 6.45) is 0. The Morgan fingerprint density at radius 3 is 2.43 bits per heavy atom. The van der Waals surface area contributed by atoms with Gasteiger partial charge in [0.15, 0.2) is 0 Å². The van der Waals surface area contributed by atoms with Crippen LogP contribution in [0, 0.1) is 0 Å². The number of aromatic nitrogens is 2. The molecule has 2 amide bonds. The number of carbonyl (C=O) groups is 2. The maximum Gasteiger partial charge on any atom is 0.269 e. The molecule has 14 heteroatoms. The average molecular weight is 826 g/mol. The van der Waals surface area contributed by atoms with Crippen LogP contribution in [0.1, 0.15) is 21.3 Å². The lowest BCUT2D eigenvalue weighted by atomic mass is 10.1. The fourth-order valence-electron chi connectivity index (χ4n) is 5.89. The van der Waals surface area contributed by atoms with Crippen LogP contribution in [0.3, 0.4) is 0 Å². The summed E-state index contributed by atoms with van der Waals surface area (Å²) in [5.41, 5.74) is 4.97. The molecule has 3 heterocycles. The zero-order valence-corrected chi connectivity index (χ0v) is 30.4. The molecule has 4 aromatic carbocycles. The number of ether oxygens (including phenoxy) is 1. The van der Waals surface area contributed by atoms with Crippen molar-refractivity contribution in [3.8, 4) is 22.8 Å². The Hall–Kier alpha value is -3.72. The summed E-state index contributed by atoms with van der Waals surface area (Å²) in [5.74, 6) is -0.338. The SMILES string of the molecule is O=C(NN1C(=O)C(CN2CCOCC2)SC1c1ccccc1O)c1ccc(-n2c(-c3ccc(Cl)cc3)nc3c(Br)cc(Br)cc3c2=O)cc1. The lowest BCUT2D eigenvalue weighted by Crippen LogP contribution is -2.48. The number of hydrazine groups is 1. The summed E-state index contributed by atoms with van der Waals surface area (Å²) < 4.78 is 8.33. The van der Waals surface area contributed by atoms with Gasteiger partial charge >= 0.3 is 0 Å². The molecule has 5 aromatic rings. The second-order valence-electron chi connectivity index (χ2n) is 11.5. The number of thioether (sulfide) groups is 1. The first-order valence-corrected chi connectivity index (χ1v) is 18.2. The van der Waals surface area contributed by atoms with E-state index in [1.165, 1.54) is 21.3 Å². The topological polar surface area (TPSA) is 117 Å². The van der Waals surface area contributed by atoms with E-state index < -0.39 is 16.5 Å². The minimum atomic E-state index is -0.634. The minimum absolute atomic E-state index is 0.0356. The molecule has 2 fully saturated rings. The number of nitrogens with one attached hydrogen (secondary N) is 1. The Balaban J connectivity index is 1.21. The molecule has 2 saturated heterocycles. The molecule has 2 N–H and O–H groups in total. The number of carbonyl (C=O) groups excluding carboxylic acids is 2. The van der Waals surface area contributed by atoms with Crippen molar-refractivity contribution in [2.45, 2.75) is 10.6 Å². The number of halogens is 3. The molecule has 2 atom stereocenters. The summed E-state index contributed by atoms with van der Waals surface area (Å²) >= 11 is 14.6. The fourth-order valence-corrected chi connectivity index (χ4v) is 8.79. The highest BCUT2D eigenvalue weighted by atomic mass is 79.9. The number of nitrogens with zero attached hydrogens (tertiary/aromatic N) is 4. The highest BCUT2D eigenvalue weighted by Crippen LogP contribution is 2.45. The van der Waals surface area contributed by atoms with Gasteiger partial charge in [0.2, 0.25) is 0 Å². The van der Waals surface area contributed by atoms with Crippen molar-refractivity contribution < 1.29 is 19.4 Å². The number of benzene rings is 4. The van der Waals surface area contributed by atoms with E-state index in [0.717, 1.165) is 0 Å². The molecule has 0 spiro atoms. The van der Waals surface area contributed by atoms with Crippen LogP contribution < -0.4 is 11.0 Å². The second kappa shape index (κ2) is 14.3. The molecule has 7 rings (SSSR count). The van der Waals surface area contributed by atoms with Gasteiger partial charge in [0.05, 0.1) is 29.8 Å². The van der Waals surface area contributed by atoms with Gasteiger partial charge in [-0.25, -0.2) is 9.99 Å². The van der Waals surface area contributed by atoms with Crippen LogP contribution in [0.4, 0.5) is 0 Å². The Labute approximate surface area is 307 Å². The monoisotopic (exact) mass is 823 g/mol. The van der Waals surface area contributed by atoms with Crippen molar-refractivity contribution in [3.05, 3.63) is 120 Å². The summed E-state index contributed by atoms with van der Waals surface area (Å²) in [6.45, 7) is 3.13. The van der Waals surface area contributed by atoms with E-state index in [4.69, 9.17) is 21.3 Å². The van der Waals surface area contributed by atoms with Crippen LogP contribution in [0.15, 0.2) is 98.7 Å². The molecule has 0 bridgehead atoms. The fraction of sp³-hybridized carbons (Fsp3) is 0.200. The molecule has 2 aliphatic rings. The van der Waals surface area contributed by atoms with Crippen molar-refractivity contribution in [2.24, 2.45) is 0 Å². The molecule has 0 aliphatic carbocycles. The predicted molar refractivity (Wildman–Crippen MR) is 197 cm³/mol. The normalized spacial score (nSPS) is 18.3. The van der Waals surface area contributed by atoms with Crippen LogP contribution >= 0.6 is 55.2 Å². The lowest BCUT2D eigenvalue weighted by molar-refractivity contribution is -0.133. The number of hydrogen-bond donors (Lipinski definition) is 2. The molecule has 10 nitrogen and oxygen atoms in total. The third-order valence-corrected chi connectivity index (χ3v) is 11.1. The predicted octanol–water partition coefficient (Wildman–Crippen LogP) is 6.56. The first kappa shape index (κ1) is 33.8. The van der Waals surface area contributed by atoms with Gasteiger partial charge in [-0.2, -0.15) is 0 Å². The molecular weight excluding hydrogens is 798 g/mol. The molecule has 1 aromatic heterocycles. The van der Waals surface area contributed by atoms with E-state index in [2.05, 4.69) is 42.2 Å². The van der Waals surface area contributed by atoms with Crippen LogP contribution in [-0.2, 0) is 9.53 Å². The third-order valence-electron chi connectivity index (χ3n) is 8.37. The van der Waals surface area contributed by atoms with Gasteiger partial charge < -0.3 is 9.84 Å². The van der Waals surface area contributed by atoms with Crippen LogP contribution in [0.25, 0.3) is 28.0 Å². The van der Waals surface area contributed by atoms with Gasteiger partial charge in [0, 0.05) is 50.3 Å². The van der Waals surface area contributed by atoms with Crippen LogP contribution in [0.2, 0.25) is 5.02 Å². The number of para-hydroxylation sites is 1. The lowest BCUT2D eigenvalue weighted by Gasteiger charge is -2.28. The number of fused-ring (bicyclic) bond motifs is 1. The van der Waals surface area contributed by atoms with E-state index in [1.54, 1.807) is 78.9 Å². The largest absolute Gasteiger partial charge is 0.508 e. The highest BCUT2D eigenvalue weighted by molar-refractivity contribution is 9.11. The number of amides is 2. The van der Waals surface area contributed by atoms with Gasteiger partial charge in [0.25, 0.3) is 17.4 Å². The molecule has 2 aliphatic heterocycles. The zero-order valence-electron chi connectivity index (χ0n) is 25.7. The van der Waals surface area contributed by atoms with Gasteiger partial charge in [0.1, 0.15) is 22.2 Å². The Bertz CT molecular complexity index is 2130. The number of phenols is 1. The van der Waals surface area contributed by atoms with E-state index in [-0.39, 0.29) is 22.8 Å². The molecule has 2 unspecified atom stereocenters. The zero-order chi connectivity index (χ0) is 34.2. The van der Waals surface area contributed by atoms with Gasteiger partial charge in [-0.15, -0.1) is 11.8 Å². The van der Waals surface area contributed by atoms with E-state index in [1.807, 2.05) is 6.07 Å². The van der Waals surface area contributed by atoms with Crippen molar-refractivity contribution in [1.82, 2.24) is 24.9 Å². The van der Waals surface area contributed by atoms with Crippen molar-refractivity contribution >= 4 is 77.9 Å². The van der Waals surface area contributed by atoms with Crippen molar-refractivity contribution in [3.63, 3.8) is 0 Å². The van der Waals surface area contributed by atoms with E-state index in [0.29, 0.717) is 80.4 Å². The van der Waals surface area contributed by atoms with Gasteiger partial charge in [-0.3, -0.25) is 29.3 Å². The molecule has 49 heavy (non-hydrogen) atoms. The summed E-state index contributed by atoms with van der Waals surface area (Å²) in [6, 6.07) is 23.9. The third kappa shape index (κ3) is 6.88. The first-order valence-electron chi connectivity index (χ1n) is 15.3. The highest BCUT2D eigenvalue weighted by Gasteiger charge is 2.44. The minimum Gasteiger partial charge on any atom is -0.508 e. The smallest absolute Gasteiger partial charge is 0.269 e.